The number of rotatable bonds is 8. The molecule has 162 valence electrons. The Morgan fingerprint density at radius 1 is 1.00 bits per heavy atom. The van der Waals surface area contributed by atoms with Crippen LogP contribution < -0.4 is 10.1 Å². The van der Waals surface area contributed by atoms with Crippen molar-refractivity contribution < 1.29 is 17.9 Å². The van der Waals surface area contributed by atoms with Gasteiger partial charge in [0.1, 0.15) is 5.75 Å². The van der Waals surface area contributed by atoms with Crippen molar-refractivity contribution in [3.8, 4) is 5.75 Å². The molecule has 0 unspecified atom stereocenters. The predicted molar refractivity (Wildman–Crippen MR) is 122 cm³/mol. The number of nitrogens with zero attached hydrogens (tertiary/aromatic N) is 1. The van der Waals surface area contributed by atoms with Crippen molar-refractivity contribution >= 4 is 33.2 Å². The van der Waals surface area contributed by atoms with Crippen LogP contribution in [0.3, 0.4) is 0 Å². The minimum Gasteiger partial charge on any atom is -0.497 e. The van der Waals surface area contributed by atoms with Crippen molar-refractivity contribution in [1.82, 2.24) is 4.31 Å². The van der Waals surface area contributed by atoms with Gasteiger partial charge < -0.3 is 10.1 Å². The molecule has 0 bridgehead atoms. The number of methoxy groups -OCH3 is 1. The molecular formula is C23H23ClN2O4S. The Balaban J connectivity index is 1.92. The summed E-state index contributed by atoms with van der Waals surface area (Å²) in [6.45, 7) is 0. The van der Waals surface area contributed by atoms with E-state index in [2.05, 4.69) is 5.32 Å². The summed E-state index contributed by atoms with van der Waals surface area (Å²) in [5.41, 5.74) is 1.13. The number of nitrogens with one attached hydrogen (secondary N) is 1. The quantitative estimate of drug-likeness (QED) is 0.529. The topological polar surface area (TPSA) is 75.7 Å². The maximum absolute atomic E-state index is 13.2. The molecule has 31 heavy (non-hydrogen) atoms. The SMILES string of the molecule is COc1ccc([C@@H](CC(=O)Nc2ccccc2Cl)N(C)S(=O)(=O)c2ccccc2)cc1. The van der Waals surface area contributed by atoms with E-state index < -0.39 is 16.1 Å². The summed E-state index contributed by atoms with van der Waals surface area (Å²) in [7, 11) is -0.809. The average molecular weight is 459 g/mol. The van der Waals surface area contributed by atoms with Gasteiger partial charge in [0.25, 0.3) is 0 Å². The number of anilines is 1. The summed E-state index contributed by atoms with van der Waals surface area (Å²) in [5, 5.41) is 3.17. The van der Waals surface area contributed by atoms with Gasteiger partial charge in [0.15, 0.2) is 0 Å². The average Bonchev–Trinajstić information content (AvgIpc) is 2.79. The lowest BCUT2D eigenvalue weighted by Gasteiger charge is -2.28. The van der Waals surface area contributed by atoms with Gasteiger partial charge in [-0.15, -0.1) is 0 Å². The third-order valence-corrected chi connectivity index (χ3v) is 7.10. The fraction of sp³-hybridized carbons (Fsp3) is 0.174. The highest BCUT2D eigenvalue weighted by atomic mass is 35.5. The molecule has 0 spiro atoms. The molecule has 0 aliphatic rings. The van der Waals surface area contributed by atoms with Gasteiger partial charge in [0.05, 0.1) is 28.8 Å². The van der Waals surface area contributed by atoms with E-state index in [0.717, 1.165) is 0 Å². The first kappa shape index (κ1) is 22.8. The maximum atomic E-state index is 13.2. The lowest BCUT2D eigenvalue weighted by Crippen LogP contribution is -2.33. The maximum Gasteiger partial charge on any atom is 0.243 e. The number of benzene rings is 3. The summed E-state index contributed by atoms with van der Waals surface area (Å²) < 4.78 is 32.8. The Bertz CT molecular complexity index is 1140. The fourth-order valence-corrected chi connectivity index (χ4v) is 4.70. The third-order valence-electron chi connectivity index (χ3n) is 4.89. The molecule has 0 heterocycles. The van der Waals surface area contributed by atoms with Crippen LogP contribution in [0, 0.1) is 0 Å². The minimum atomic E-state index is -3.83. The van der Waals surface area contributed by atoms with Crippen molar-refractivity contribution in [2.45, 2.75) is 17.4 Å². The second-order valence-electron chi connectivity index (χ2n) is 6.86. The van der Waals surface area contributed by atoms with Gasteiger partial charge >= 0.3 is 0 Å². The molecule has 1 atom stereocenters. The van der Waals surface area contributed by atoms with Crippen molar-refractivity contribution in [2.24, 2.45) is 0 Å². The van der Waals surface area contributed by atoms with Gasteiger partial charge in [0, 0.05) is 13.5 Å². The molecule has 0 saturated carbocycles. The standard InChI is InChI=1S/C23H23ClN2O4S/c1-26(31(28,29)19-8-4-3-5-9-19)22(17-12-14-18(30-2)15-13-17)16-23(27)25-21-11-7-6-10-20(21)24/h3-15,22H,16H2,1-2H3,(H,25,27)/t22-/m1/s1. The van der Waals surface area contributed by atoms with E-state index in [-0.39, 0.29) is 17.2 Å². The molecule has 0 aliphatic heterocycles. The second-order valence-corrected chi connectivity index (χ2v) is 9.26. The number of amides is 1. The monoisotopic (exact) mass is 458 g/mol. The van der Waals surface area contributed by atoms with E-state index in [4.69, 9.17) is 16.3 Å². The molecule has 1 amide bonds. The highest BCUT2D eigenvalue weighted by Gasteiger charge is 2.31. The summed E-state index contributed by atoms with van der Waals surface area (Å²) in [4.78, 5) is 13.0. The highest BCUT2D eigenvalue weighted by molar-refractivity contribution is 7.89. The van der Waals surface area contributed by atoms with Gasteiger partial charge in [0.2, 0.25) is 15.9 Å². The van der Waals surface area contributed by atoms with E-state index in [1.807, 2.05) is 0 Å². The molecule has 3 rings (SSSR count). The number of para-hydroxylation sites is 1. The second kappa shape index (κ2) is 9.96. The molecule has 0 fully saturated rings. The van der Waals surface area contributed by atoms with Crippen molar-refractivity contribution in [1.29, 1.82) is 0 Å². The molecule has 0 aliphatic carbocycles. The van der Waals surface area contributed by atoms with E-state index >= 15 is 0 Å². The molecule has 0 aromatic heterocycles. The van der Waals surface area contributed by atoms with Gasteiger partial charge in [-0.25, -0.2) is 8.42 Å². The van der Waals surface area contributed by atoms with Crippen LogP contribution in [0.1, 0.15) is 18.0 Å². The molecule has 0 saturated heterocycles. The van der Waals surface area contributed by atoms with Gasteiger partial charge in [-0.1, -0.05) is 54.1 Å². The number of sulfonamides is 1. The van der Waals surface area contributed by atoms with E-state index in [0.29, 0.717) is 22.0 Å². The third kappa shape index (κ3) is 5.44. The lowest BCUT2D eigenvalue weighted by atomic mass is 10.0. The van der Waals surface area contributed by atoms with E-state index in [1.54, 1.807) is 73.8 Å². The van der Waals surface area contributed by atoms with Gasteiger partial charge in [-0.3, -0.25) is 4.79 Å². The smallest absolute Gasteiger partial charge is 0.243 e. The van der Waals surface area contributed by atoms with Crippen molar-refractivity contribution in [2.75, 3.05) is 19.5 Å². The first-order chi connectivity index (χ1) is 14.8. The first-order valence-electron chi connectivity index (χ1n) is 9.54. The molecule has 3 aromatic rings. The molecule has 1 N–H and O–H groups in total. The lowest BCUT2D eigenvalue weighted by molar-refractivity contribution is -0.117. The zero-order valence-electron chi connectivity index (χ0n) is 17.2. The van der Waals surface area contributed by atoms with Crippen LogP contribution in [0.15, 0.2) is 83.8 Å². The normalized spacial score (nSPS) is 12.4. The zero-order valence-corrected chi connectivity index (χ0v) is 18.7. The number of halogens is 1. The minimum absolute atomic E-state index is 0.0971. The van der Waals surface area contributed by atoms with E-state index in [1.165, 1.54) is 23.5 Å². The Kier molecular flexibility index (Phi) is 7.33. The van der Waals surface area contributed by atoms with Crippen molar-refractivity contribution in [3.63, 3.8) is 0 Å². The summed E-state index contributed by atoms with van der Waals surface area (Å²) >= 11 is 6.14. The van der Waals surface area contributed by atoms with Crippen LogP contribution in [0.5, 0.6) is 5.75 Å². The molecule has 6 nitrogen and oxygen atoms in total. The summed E-state index contributed by atoms with van der Waals surface area (Å²) in [5.74, 6) is 0.278. The van der Waals surface area contributed by atoms with Crippen LogP contribution in [0.25, 0.3) is 0 Å². The highest BCUT2D eigenvalue weighted by Crippen LogP contribution is 2.31. The predicted octanol–water partition coefficient (Wildman–Crippen LogP) is 4.74. The fourth-order valence-electron chi connectivity index (χ4n) is 3.15. The van der Waals surface area contributed by atoms with Crippen LogP contribution in [-0.4, -0.2) is 32.8 Å². The Hall–Kier alpha value is -2.87. The number of hydrogen-bond acceptors (Lipinski definition) is 4. The van der Waals surface area contributed by atoms with Crippen LogP contribution in [0.4, 0.5) is 5.69 Å². The van der Waals surface area contributed by atoms with Gasteiger partial charge in [-0.2, -0.15) is 4.31 Å². The van der Waals surface area contributed by atoms with Crippen LogP contribution >= 0.6 is 11.6 Å². The van der Waals surface area contributed by atoms with Crippen molar-refractivity contribution in [3.05, 3.63) is 89.4 Å². The molecule has 0 radical (unpaired) electrons. The number of carbonyl (C=O) groups excluding carboxylic acids is 1. The van der Waals surface area contributed by atoms with Gasteiger partial charge in [-0.05, 0) is 42.0 Å². The molecule has 8 heteroatoms. The Labute approximate surface area is 187 Å². The summed E-state index contributed by atoms with van der Waals surface area (Å²) in [6, 6.07) is 21.2. The molecular weight excluding hydrogens is 436 g/mol. The van der Waals surface area contributed by atoms with E-state index in [9.17, 15) is 13.2 Å². The first-order valence-corrected chi connectivity index (χ1v) is 11.4. The number of ether oxygens (including phenoxy) is 1. The Morgan fingerprint density at radius 3 is 2.23 bits per heavy atom. The Morgan fingerprint density at radius 2 is 1.61 bits per heavy atom. The molecule has 3 aromatic carbocycles. The van der Waals surface area contributed by atoms with Crippen LogP contribution in [0.2, 0.25) is 5.02 Å². The number of hydrogen-bond donors (Lipinski definition) is 1. The number of carbonyl (C=O) groups is 1. The van der Waals surface area contributed by atoms with Crippen LogP contribution in [-0.2, 0) is 14.8 Å². The largest absolute Gasteiger partial charge is 0.497 e. The zero-order chi connectivity index (χ0) is 22.4. The summed E-state index contributed by atoms with van der Waals surface area (Å²) in [6.07, 6.45) is -0.0971.